The van der Waals surface area contributed by atoms with Crippen LogP contribution in [0.1, 0.15) is 6.92 Å². The van der Waals surface area contributed by atoms with E-state index < -0.39 is 10.8 Å². The van der Waals surface area contributed by atoms with Gasteiger partial charge in [-0.05, 0) is 20.0 Å². The van der Waals surface area contributed by atoms with Gasteiger partial charge in [0.2, 0.25) is 5.91 Å². The normalized spacial score (nSPS) is 14.7. The molecule has 1 aliphatic rings. The maximum absolute atomic E-state index is 12.0. The predicted octanol–water partition coefficient (Wildman–Crippen LogP) is 0.0443. The van der Waals surface area contributed by atoms with Crippen LogP contribution in [0.15, 0.2) is 18.2 Å². The second-order valence-electron chi connectivity index (χ2n) is 5.17. The Labute approximate surface area is 132 Å². The minimum absolute atomic E-state index is 0.0905. The highest BCUT2D eigenvalue weighted by Gasteiger charge is 2.29. The number of nitro benzene ring substituents is 1. The molecule has 0 bridgehead atoms. The zero-order valence-electron chi connectivity index (χ0n) is 12.9. The summed E-state index contributed by atoms with van der Waals surface area (Å²) in [5, 5.41) is 16.6. The van der Waals surface area contributed by atoms with Crippen LogP contribution < -0.4 is 20.3 Å². The van der Waals surface area contributed by atoms with E-state index in [-0.39, 0.29) is 36.5 Å². The molecule has 0 radical (unpaired) electrons. The van der Waals surface area contributed by atoms with E-state index in [0.29, 0.717) is 12.3 Å². The summed E-state index contributed by atoms with van der Waals surface area (Å²) in [7, 11) is 1.78. The third-order valence-electron chi connectivity index (χ3n) is 3.50. The van der Waals surface area contributed by atoms with Crippen molar-refractivity contribution >= 4 is 23.2 Å². The van der Waals surface area contributed by atoms with Gasteiger partial charge >= 0.3 is 0 Å². The summed E-state index contributed by atoms with van der Waals surface area (Å²) >= 11 is 0. The van der Waals surface area contributed by atoms with E-state index in [9.17, 15) is 19.7 Å². The number of nitrogens with zero attached hydrogens (tertiary/aromatic N) is 2. The van der Waals surface area contributed by atoms with Crippen molar-refractivity contribution in [3.63, 3.8) is 0 Å². The molecule has 124 valence electrons. The van der Waals surface area contributed by atoms with Crippen LogP contribution >= 0.6 is 0 Å². The lowest BCUT2D eigenvalue weighted by Gasteiger charge is -2.28. The summed E-state index contributed by atoms with van der Waals surface area (Å²) in [4.78, 5) is 35.5. The van der Waals surface area contributed by atoms with Crippen LogP contribution in [0.2, 0.25) is 0 Å². The molecule has 0 spiro atoms. The summed E-state index contributed by atoms with van der Waals surface area (Å²) in [6, 6.07) is 4.04. The first-order valence-electron chi connectivity index (χ1n) is 7.08. The SMILES string of the molecule is CNC(C)CNC(=O)CN1C(=O)COc2ccc([N+](=O)[O-])cc21. The third kappa shape index (κ3) is 3.95. The van der Waals surface area contributed by atoms with Crippen molar-refractivity contribution in [3.8, 4) is 5.75 Å². The van der Waals surface area contributed by atoms with E-state index in [1.165, 1.54) is 23.1 Å². The van der Waals surface area contributed by atoms with Crippen molar-refractivity contribution in [1.29, 1.82) is 0 Å². The van der Waals surface area contributed by atoms with Crippen molar-refractivity contribution in [2.24, 2.45) is 0 Å². The van der Waals surface area contributed by atoms with Crippen LogP contribution in [0.4, 0.5) is 11.4 Å². The molecule has 1 aromatic rings. The van der Waals surface area contributed by atoms with Gasteiger partial charge in [0.1, 0.15) is 12.3 Å². The van der Waals surface area contributed by atoms with Crippen LogP contribution in [-0.2, 0) is 9.59 Å². The van der Waals surface area contributed by atoms with E-state index in [0.717, 1.165) is 0 Å². The highest BCUT2D eigenvalue weighted by molar-refractivity contribution is 6.02. The smallest absolute Gasteiger partial charge is 0.271 e. The molecule has 0 aromatic heterocycles. The monoisotopic (exact) mass is 322 g/mol. The van der Waals surface area contributed by atoms with Crippen LogP contribution in [0.25, 0.3) is 0 Å². The largest absolute Gasteiger partial charge is 0.482 e. The number of hydrogen-bond acceptors (Lipinski definition) is 6. The Morgan fingerprint density at radius 1 is 1.52 bits per heavy atom. The molecular weight excluding hydrogens is 304 g/mol. The van der Waals surface area contributed by atoms with Gasteiger partial charge in [-0.15, -0.1) is 0 Å². The number of nitro groups is 1. The standard InChI is InChI=1S/C14H18N4O5/c1-9(15-2)6-16-13(19)7-17-11-5-10(18(21)22)3-4-12(11)23-8-14(17)20/h3-5,9,15H,6-8H2,1-2H3,(H,16,19). The lowest BCUT2D eigenvalue weighted by atomic mass is 10.2. The molecule has 0 saturated carbocycles. The zero-order valence-corrected chi connectivity index (χ0v) is 12.9. The van der Waals surface area contributed by atoms with Gasteiger partial charge in [0.05, 0.1) is 10.6 Å². The third-order valence-corrected chi connectivity index (χ3v) is 3.50. The second-order valence-corrected chi connectivity index (χ2v) is 5.17. The van der Waals surface area contributed by atoms with E-state index in [2.05, 4.69) is 10.6 Å². The molecule has 1 aromatic carbocycles. The number of likely N-dealkylation sites (N-methyl/N-ethyl adjacent to an activating group) is 1. The number of anilines is 1. The molecule has 1 atom stereocenters. The van der Waals surface area contributed by atoms with Gasteiger partial charge in [0, 0.05) is 24.7 Å². The van der Waals surface area contributed by atoms with Crippen LogP contribution in [0.5, 0.6) is 5.75 Å². The number of benzene rings is 1. The van der Waals surface area contributed by atoms with Crippen LogP contribution in [0.3, 0.4) is 0 Å². The number of carbonyl (C=O) groups excluding carboxylic acids is 2. The Balaban J connectivity index is 2.16. The number of carbonyl (C=O) groups is 2. The fourth-order valence-electron chi connectivity index (χ4n) is 2.05. The average molecular weight is 322 g/mol. The molecule has 2 amide bonds. The number of fused-ring (bicyclic) bond motifs is 1. The number of rotatable bonds is 6. The quantitative estimate of drug-likeness (QED) is 0.565. The number of nitrogens with one attached hydrogen (secondary N) is 2. The first kappa shape index (κ1) is 16.7. The van der Waals surface area contributed by atoms with Gasteiger partial charge in [-0.1, -0.05) is 0 Å². The summed E-state index contributed by atoms with van der Waals surface area (Å²) < 4.78 is 5.24. The molecule has 9 heteroatoms. The fourth-order valence-corrected chi connectivity index (χ4v) is 2.05. The van der Waals surface area contributed by atoms with Crippen molar-refractivity contribution < 1.29 is 19.2 Å². The molecule has 1 aliphatic heterocycles. The second kappa shape index (κ2) is 7.05. The number of amides is 2. The van der Waals surface area contributed by atoms with Crippen molar-refractivity contribution in [2.45, 2.75) is 13.0 Å². The molecule has 1 heterocycles. The maximum Gasteiger partial charge on any atom is 0.271 e. The molecule has 2 N–H and O–H groups in total. The molecule has 0 aliphatic carbocycles. The van der Waals surface area contributed by atoms with Gasteiger partial charge < -0.3 is 15.4 Å². The van der Waals surface area contributed by atoms with Crippen molar-refractivity contribution in [1.82, 2.24) is 10.6 Å². The Morgan fingerprint density at radius 2 is 2.26 bits per heavy atom. The topological polar surface area (TPSA) is 114 Å². The van der Waals surface area contributed by atoms with E-state index in [4.69, 9.17) is 4.74 Å². The van der Waals surface area contributed by atoms with E-state index >= 15 is 0 Å². The Hall–Kier alpha value is -2.68. The molecule has 0 fully saturated rings. The van der Waals surface area contributed by atoms with Crippen molar-refractivity contribution in [3.05, 3.63) is 28.3 Å². The predicted molar refractivity (Wildman–Crippen MR) is 82.5 cm³/mol. The average Bonchev–Trinajstić information content (AvgIpc) is 2.54. The molecular formula is C14H18N4O5. The van der Waals surface area contributed by atoms with Gasteiger partial charge in [-0.3, -0.25) is 24.6 Å². The fraction of sp³-hybridized carbons (Fsp3) is 0.429. The van der Waals surface area contributed by atoms with Crippen molar-refractivity contribution in [2.75, 3.05) is 31.6 Å². The van der Waals surface area contributed by atoms with E-state index in [1.807, 2.05) is 6.92 Å². The van der Waals surface area contributed by atoms with Gasteiger partial charge in [0.15, 0.2) is 6.61 Å². The Bertz CT molecular complexity index is 634. The summed E-state index contributed by atoms with van der Waals surface area (Å²) in [6.07, 6.45) is 0. The summed E-state index contributed by atoms with van der Waals surface area (Å²) in [5.41, 5.74) is 0.0588. The molecule has 2 rings (SSSR count). The Morgan fingerprint density at radius 3 is 2.91 bits per heavy atom. The first-order valence-corrected chi connectivity index (χ1v) is 7.08. The lowest BCUT2D eigenvalue weighted by Crippen LogP contribution is -2.47. The minimum atomic E-state index is -0.563. The van der Waals surface area contributed by atoms with E-state index in [1.54, 1.807) is 7.05 Å². The molecule has 1 unspecified atom stereocenters. The molecule has 23 heavy (non-hydrogen) atoms. The number of ether oxygens (including phenoxy) is 1. The number of hydrogen-bond donors (Lipinski definition) is 2. The number of non-ortho nitro benzene ring substituents is 1. The van der Waals surface area contributed by atoms with Crippen LogP contribution in [-0.4, -0.2) is 49.5 Å². The van der Waals surface area contributed by atoms with Gasteiger partial charge in [-0.25, -0.2) is 0 Å². The first-order chi connectivity index (χ1) is 10.9. The molecule has 9 nitrogen and oxygen atoms in total. The lowest BCUT2D eigenvalue weighted by molar-refractivity contribution is -0.384. The van der Waals surface area contributed by atoms with Gasteiger partial charge in [-0.2, -0.15) is 0 Å². The minimum Gasteiger partial charge on any atom is -0.482 e. The highest BCUT2D eigenvalue weighted by atomic mass is 16.6. The summed E-state index contributed by atoms with van der Waals surface area (Å²) in [6.45, 7) is 1.90. The molecule has 0 saturated heterocycles. The Kier molecular flexibility index (Phi) is 5.12. The van der Waals surface area contributed by atoms with Crippen LogP contribution in [0, 0.1) is 10.1 Å². The summed E-state index contributed by atoms with van der Waals surface area (Å²) in [5.74, 6) is -0.429. The highest BCUT2D eigenvalue weighted by Crippen LogP contribution is 2.34. The maximum atomic E-state index is 12.0. The zero-order chi connectivity index (χ0) is 17.0. The van der Waals surface area contributed by atoms with Gasteiger partial charge in [0.25, 0.3) is 11.6 Å².